The largest absolute Gasteiger partial charge is 0.306 e. The zero-order valence-corrected chi connectivity index (χ0v) is 14.6. The highest BCUT2D eigenvalue weighted by Gasteiger charge is 2.20. The lowest BCUT2D eigenvalue weighted by molar-refractivity contribution is 0.555. The first-order chi connectivity index (χ1) is 12.9. The molecule has 8 heteroatoms. The summed E-state index contributed by atoms with van der Waals surface area (Å²) in [5, 5.41) is 0. The van der Waals surface area contributed by atoms with Crippen molar-refractivity contribution in [2.75, 3.05) is 4.72 Å². The highest BCUT2D eigenvalue weighted by molar-refractivity contribution is 7.92. The molecule has 136 valence electrons. The molecule has 27 heavy (non-hydrogen) atoms. The Morgan fingerprint density at radius 3 is 2.63 bits per heavy atom. The molecule has 0 amide bonds. The number of hydrogen-bond donors (Lipinski definition) is 1. The first-order valence-corrected chi connectivity index (χ1v) is 9.43. The van der Waals surface area contributed by atoms with E-state index in [0.29, 0.717) is 17.3 Å². The third-order valence-electron chi connectivity index (χ3n) is 3.96. The summed E-state index contributed by atoms with van der Waals surface area (Å²) in [4.78, 5) is 3.73. The van der Waals surface area contributed by atoms with E-state index in [-0.39, 0.29) is 5.69 Å². The summed E-state index contributed by atoms with van der Waals surface area (Å²) in [6.45, 7) is 0. The van der Waals surface area contributed by atoms with Gasteiger partial charge in [-0.25, -0.2) is 22.2 Å². The van der Waals surface area contributed by atoms with Crippen molar-refractivity contribution in [3.8, 4) is 11.3 Å². The van der Waals surface area contributed by atoms with Crippen molar-refractivity contribution in [2.45, 2.75) is 4.90 Å². The van der Waals surface area contributed by atoms with Gasteiger partial charge in [-0.1, -0.05) is 18.2 Å². The van der Waals surface area contributed by atoms with Crippen LogP contribution in [0.3, 0.4) is 0 Å². The van der Waals surface area contributed by atoms with E-state index in [1.165, 1.54) is 6.07 Å². The molecule has 0 aliphatic carbocycles. The normalized spacial score (nSPS) is 11.6. The molecule has 2 aromatic heterocycles. The number of hydrogen-bond acceptors (Lipinski definition) is 3. The van der Waals surface area contributed by atoms with Crippen LogP contribution in [0.1, 0.15) is 0 Å². The molecule has 2 aromatic carbocycles. The van der Waals surface area contributed by atoms with Gasteiger partial charge in [0.2, 0.25) is 0 Å². The summed E-state index contributed by atoms with van der Waals surface area (Å²) in [6, 6.07) is 14.4. The van der Waals surface area contributed by atoms with Gasteiger partial charge in [0, 0.05) is 23.6 Å². The minimum absolute atomic E-state index is 0.216. The van der Waals surface area contributed by atoms with Crippen LogP contribution in [0.2, 0.25) is 0 Å². The van der Waals surface area contributed by atoms with Crippen LogP contribution in [0.15, 0.2) is 78.0 Å². The van der Waals surface area contributed by atoms with Crippen LogP contribution in [0.4, 0.5) is 14.5 Å². The molecule has 0 fully saturated rings. The monoisotopic (exact) mass is 385 g/mol. The van der Waals surface area contributed by atoms with Crippen molar-refractivity contribution in [1.82, 2.24) is 9.38 Å². The second-order valence-corrected chi connectivity index (χ2v) is 7.50. The smallest absolute Gasteiger partial charge is 0.264 e. The average Bonchev–Trinajstić information content (AvgIpc) is 3.08. The van der Waals surface area contributed by atoms with Gasteiger partial charge in [0.05, 0.1) is 5.69 Å². The number of rotatable bonds is 4. The van der Waals surface area contributed by atoms with E-state index in [0.717, 1.165) is 17.8 Å². The van der Waals surface area contributed by atoms with Gasteiger partial charge in [0.1, 0.15) is 22.2 Å². The highest BCUT2D eigenvalue weighted by Crippen LogP contribution is 2.25. The van der Waals surface area contributed by atoms with Crippen LogP contribution >= 0.6 is 0 Å². The topological polar surface area (TPSA) is 63.5 Å². The number of sulfonamides is 1. The Labute approximate surface area is 154 Å². The Balaban J connectivity index is 1.69. The summed E-state index contributed by atoms with van der Waals surface area (Å²) in [5.74, 6) is -1.87. The fourth-order valence-electron chi connectivity index (χ4n) is 2.71. The molecule has 0 radical (unpaired) electrons. The molecule has 2 heterocycles. The Morgan fingerprint density at radius 1 is 0.963 bits per heavy atom. The second-order valence-electron chi connectivity index (χ2n) is 5.85. The molecule has 4 aromatic rings. The Hall–Kier alpha value is -3.26. The third kappa shape index (κ3) is 3.39. The van der Waals surface area contributed by atoms with E-state index in [1.807, 2.05) is 35.0 Å². The van der Waals surface area contributed by atoms with Crippen molar-refractivity contribution in [1.29, 1.82) is 0 Å². The van der Waals surface area contributed by atoms with Gasteiger partial charge in [-0.15, -0.1) is 0 Å². The van der Waals surface area contributed by atoms with Gasteiger partial charge in [0.25, 0.3) is 10.0 Å². The van der Waals surface area contributed by atoms with Crippen LogP contribution < -0.4 is 4.72 Å². The number of aromatic nitrogens is 2. The molecule has 0 saturated carbocycles. The number of nitrogens with zero attached hydrogens (tertiary/aromatic N) is 2. The van der Waals surface area contributed by atoms with E-state index in [4.69, 9.17) is 0 Å². The maximum absolute atomic E-state index is 13.8. The van der Waals surface area contributed by atoms with Crippen LogP contribution in [-0.4, -0.2) is 17.8 Å². The van der Waals surface area contributed by atoms with E-state index in [2.05, 4.69) is 9.71 Å². The molecular formula is C19H13F2N3O2S. The highest BCUT2D eigenvalue weighted by atomic mass is 32.2. The van der Waals surface area contributed by atoms with Crippen LogP contribution in [0.5, 0.6) is 0 Å². The molecule has 0 atom stereocenters. The number of halogens is 2. The molecule has 0 aliphatic heterocycles. The molecular weight excluding hydrogens is 372 g/mol. The van der Waals surface area contributed by atoms with Crippen molar-refractivity contribution < 1.29 is 17.2 Å². The number of anilines is 1. The quantitative estimate of drug-likeness (QED) is 0.576. The van der Waals surface area contributed by atoms with Crippen molar-refractivity contribution in [3.05, 3.63) is 84.7 Å². The van der Waals surface area contributed by atoms with Crippen LogP contribution in [0.25, 0.3) is 16.9 Å². The van der Waals surface area contributed by atoms with Gasteiger partial charge in [0.15, 0.2) is 0 Å². The lowest BCUT2D eigenvalue weighted by Gasteiger charge is -2.10. The van der Waals surface area contributed by atoms with Gasteiger partial charge in [-0.05, 0) is 42.5 Å². The molecule has 5 nitrogen and oxygen atoms in total. The fourth-order valence-corrected chi connectivity index (χ4v) is 3.85. The molecule has 0 bridgehead atoms. The van der Waals surface area contributed by atoms with E-state index >= 15 is 0 Å². The summed E-state index contributed by atoms with van der Waals surface area (Å²) in [6.07, 6.45) is 3.67. The minimum atomic E-state index is -4.28. The van der Waals surface area contributed by atoms with E-state index < -0.39 is 26.6 Å². The molecule has 0 unspecified atom stereocenters. The van der Waals surface area contributed by atoms with Gasteiger partial charge >= 0.3 is 0 Å². The predicted molar refractivity (Wildman–Crippen MR) is 97.8 cm³/mol. The third-order valence-corrected chi connectivity index (χ3v) is 5.35. The Kier molecular flexibility index (Phi) is 4.12. The van der Waals surface area contributed by atoms with Gasteiger partial charge in [-0.3, -0.25) is 4.72 Å². The number of fused-ring (bicyclic) bond motifs is 1. The second kappa shape index (κ2) is 6.48. The van der Waals surface area contributed by atoms with Crippen molar-refractivity contribution in [2.24, 2.45) is 0 Å². The SMILES string of the molecule is O=S(=O)(Nc1cccc(-c2cn3ccccc3n2)c1)c1cc(F)ccc1F. The maximum Gasteiger partial charge on any atom is 0.264 e. The minimum Gasteiger partial charge on any atom is -0.306 e. The van der Waals surface area contributed by atoms with Gasteiger partial charge in [-0.2, -0.15) is 0 Å². The zero-order chi connectivity index (χ0) is 19.0. The first-order valence-electron chi connectivity index (χ1n) is 7.94. The lowest BCUT2D eigenvalue weighted by atomic mass is 10.1. The number of pyridine rings is 1. The molecule has 0 spiro atoms. The summed E-state index contributed by atoms with van der Waals surface area (Å²) in [5.41, 5.74) is 2.30. The lowest BCUT2D eigenvalue weighted by Crippen LogP contribution is -2.15. The van der Waals surface area contributed by atoms with E-state index in [9.17, 15) is 17.2 Å². The predicted octanol–water partition coefficient (Wildman–Crippen LogP) is 4.08. The summed E-state index contributed by atoms with van der Waals surface area (Å²) >= 11 is 0. The van der Waals surface area contributed by atoms with Crippen LogP contribution in [-0.2, 0) is 10.0 Å². The summed E-state index contributed by atoms with van der Waals surface area (Å²) < 4.78 is 56.1. The first kappa shape index (κ1) is 17.2. The molecule has 0 saturated heterocycles. The summed E-state index contributed by atoms with van der Waals surface area (Å²) in [7, 11) is -4.28. The van der Waals surface area contributed by atoms with Crippen molar-refractivity contribution >= 4 is 21.4 Å². The fraction of sp³-hybridized carbons (Fsp3) is 0. The Bertz CT molecular complexity index is 1220. The molecule has 0 aliphatic rings. The number of benzene rings is 2. The van der Waals surface area contributed by atoms with Crippen molar-refractivity contribution in [3.63, 3.8) is 0 Å². The standard InChI is InChI=1S/C19H13F2N3O2S/c20-14-7-8-16(21)18(11-14)27(25,26)23-15-5-3-4-13(10-15)17-12-24-9-2-1-6-19(24)22-17/h1-12,23H. The Morgan fingerprint density at radius 2 is 1.81 bits per heavy atom. The zero-order valence-electron chi connectivity index (χ0n) is 13.8. The van der Waals surface area contributed by atoms with Crippen LogP contribution in [0, 0.1) is 11.6 Å². The van der Waals surface area contributed by atoms with Gasteiger partial charge < -0.3 is 4.40 Å². The molecule has 1 N–H and O–H groups in total. The average molecular weight is 385 g/mol. The number of imidazole rings is 1. The molecule has 4 rings (SSSR count). The van der Waals surface area contributed by atoms with E-state index in [1.54, 1.807) is 18.2 Å². The maximum atomic E-state index is 13.8. The number of nitrogens with one attached hydrogen (secondary N) is 1.